The van der Waals surface area contributed by atoms with Gasteiger partial charge in [-0.15, -0.1) is 0 Å². The van der Waals surface area contributed by atoms with Crippen LogP contribution in [-0.4, -0.2) is 11.8 Å². The lowest BCUT2D eigenvalue weighted by Gasteiger charge is -2.23. The zero-order valence-electron chi connectivity index (χ0n) is 13.0. The first-order valence-corrected chi connectivity index (χ1v) is 7.80. The first kappa shape index (κ1) is 18.2. The van der Waals surface area contributed by atoms with Crippen molar-refractivity contribution in [2.24, 2.45) is 5.41 Å². The van der Waals surface area contributed by atoms with E-state index in [0.29, 0.717) is 10.7 Å². The number of hydrogen-bond donors (Lipinski definition) is 2. The van der Waals surface area contributed by atoms with Gasteiger partial charge >= 0.3 is 0 Å². The van der Waals surface area contributed by atoms with Crippen molar-refractivity contribution in [2.75, 3.05) is 10.6 Å². The molecule has 0 spiro atoms. The molecule has 2 N–H and O–H groups in total. The van der Waals surface area contributed by atoms with Gasteiger partial charge in [0.2, 0.25) is 11.8 Å². The maximum atomic E-state index is 13.6. The molecule has 0 fully saturated rings. The molecule has 0 aliphatic carbocycles. The van der Waals surface area contributed by atoms with Gasteiger partial charge in [0.1, 0.15) is 11.2 Å². The Bertz CT molecular complexity index is 794. The third kappa shape index (κ3) is 4.04. The van der Waals surface area contributed by atoms with E-state index in [1.165, 1.54) is 44.2 Å². The quantitative estimate of drug-likeness (QED) is 0.765. The molecule has 0 saturated carbocycles. The second-order valence-corrected chi connectivity index (χ2v) is 6.46. The Hall–Kier alpha value is -2.11. The van der Waals surface area contributed by atoms with Gasteiger partial charge in [0.15, 0.2) is 0 Å². The Morgan fingerprint density at radius 2 is 1.58 bits per heavy atom. The van der Waals surface area contributed by atoms with Crippen LogP contribution in [0.3, 0.4) is 0 Å². The van der Waals surface area contributed by atoms with E-state index in [-0.39, 0.29) is 10.7 Å². The number of carbonyl (C=O) groups is 2. The van der Waals surface area contributed by atoms with Crippen LogP contribution in [-0.2, 0) is 9.59 Å². The summed E-state index contributed by atoms with van der Waals surface area (Å²) in [5.41, 5.74) is -1.02. The molecule has 0 unspecified atom stereocenters. The number of amides is 2. The van der Waals surface area contributed by atoms with Gasteiger partial charge in [0, 0.05) is 5.69 Å². The Kier molecular flexibility index (Phi) is 5.47. The minimum atomic E-state index is -1.44. The fraction of sp³-hybridized carbons (Fsp3) is 0.176. The number of nitrogens with one attached hydrogen (secondary N) is 2. The van der Waals surface area contributed by atoms with Gasteiger partial charge in [-0.3, -0.25) is 9.59 Å². The molecule has 2 aromatic rings. The average molecular weight is 369 g/mol. The van der Waals surface area contributed by atoms with Crippen molar-refractivity contribution in [3.63, 3.8) is 0 Å². The molecule has 0 atom stereocenters. The summed E-state index contributed by atoms with van der Waals surface area (Å²) in [7, 11) is 0. The molecule has 2 aromatic carbocycles. The summed E-state index contributed by atoms with van der Waals surface area (Å²) in [4.78, 5) is 24.8. The van der Waals surface area contributed by atoms with Crippen molar-refractivity contribution >= 4 is 46.4 Å². The van der Waals surface area contributed by atoms with E-state index in [2.05, 4.69) is 10.6 Å². The number of rotatable bonds is 4. The molecule has 2 rings (SSSR count). The number of benzene rings is 2. The van der Waals surface area contributed by atoms with Gasteiger partial charge < -0.3 is 10.6 Å². The molecule has 0 saturated heterocycles. The van der Waals surface area contributed by atoms with Crippen LogP contribution in [0.2, 0.25) is 10.0 Å². The third-order valence-electron chi connectivity index (χ3n) is 3.43. The SMILES string of the molecule is CC(C)(C(=O)Nc1ccc(Cl)c(Cl)c1)C(=O)Nc1ccccc1F. The van der Waals surface area contributed by atoms with E-state index < -0.39 is 23.0 Å². The highest BCUT2D eigenvalue weighted by Crippen LogP contribution is 2.27. The molecular weight excluding hydrogens is 354 g/mol. The highest BCUT2D eigenvalue weighted by Gasteiger charge is 2.36. The molecule has 0 aliphatic rings. The van der Waals surface area contributed by atoms with Gasteiger partial charge in [0.05, 0.1) is 15.7 Å². The van der Waals surface area contributed by atoms with Gasteiger partial charge in [-0.05, 0) is 44.2 Å². The largest absolute Gasteiger partial charge is 0.325 e. The normalized spacial score (nSPS) is 11.0. The number of carbonyl (C=O) groups excluding carboxylic acids is 2. The van der Waals surface area contributed by atoms with Gasteiger partial charge in [-0.2, -0.15) is 0 Å². The van der Waals surface area contributed by atoms with Crippen LogP contribution in [0.1, 0.15) is 13.8 Å². The lowest BCUT2D eigenvalue weighted by atomic mass is 9.90. The minimum Gasteiger partial charge on any atom is -0.325 e. The molecule has 4 nitrogen and oxygen atoms in total. The first-order valence-electron chi connectivity index (χ1n) is 7.04. The molecule has 7 heteroatoms. The fourth-order valence-corrected chi connectivity index (χ4v) is 2.10. The van der Waals surface area contributed by atoms with E-state index in [1.54, 1.807) is 12.1 Å². The van der Waals surface area contributed by atoms with E-state index >= 15 is 0 Å². The van der Waals surface area contributed by atoms with E-state index in [1.807, 2.05) is 0 Å². The molecule has 0 aliphatic heterocycles. The standard InChI is InChI=1S/C17H15Cl2FN2O2/c1-17(2,16(24)22-14-6-4-3-5-13(14)20)15(23)21-10-7-8-11(18)12(19)9-10/h3-9H,1-2H3,(H,21,23)(H,22,24). The fourth-order valence-electron chi connectivity index (χ4n) is 1.81. The van der Waals surface area contributed by atoms with Crippen LogP contribution >= 0.6 is 23.2 Å². The van der Waals surface area contributed by atoms with Crippen molar-refractivity contribution in [3.05, 3.63) is 58.3 Å². The molecule has 126 valence electrons. The van der Waals surface area contributed by atoms with Crippen LogP contribution in [0.15, 0.2) is 42.5 Å². The Morgan fingerprint density at radius 1 is 0.958 bits per heavy atom. The summed E-state index contributed by atoms with van der Waals surface area (Å²) in [6, 6.07) is 10.3. The van der Waals surface area contributed by atoms with Crippen molar-refractivity contribution < 1.29 is 14.0 Å². The second kappa shape index (κ2) is 7.20. The Balaban J connectivity index is 2.13. The maximum Gasteiger partial charge on any atom is 0.239 e. The summed E-state index contributed by atoms with van der Waals surface area (Å²) in [5.74, 6) is -1.77. The highest BCUT2D eigenvalue weighted by atomic mass is 35.5. The molecule has 2 amide bonds. The smallest absolute Gasteiger partial charge is 0.239 e. The number of para-hydroxylation sites is 1. The summed E-state index contributed by atoms with van der Waals surface area (Å²) < 4.78 is 13.6. The second-order valence-electron chi connectivity index (χ2n) is 5.64. The maximum absolute atomic E-state index is 13.6. The molecule has 0 radical (unpaired) electrons. The average Bonchev–Trinajstić information content (AvgIpc) is 2.53. The molecule has 24 heavy (non-hydrogen) atoms. The lowest BCUT2D eigenvalue weighted by Crippen LogP contribution is -2.41. The van der Waals surface area contributed by atoms with E-state index in [4.69, 9.17) is 23.2 Å². The van der Waals surface area contributed by atoms with E-state index in [9.17, 15) is 14.0 Å². The van der Waals surface area contributed by atoms with Gasteiger partial charge in [-0.25, -0.2) is 4.39 Å². The van der Waals surface area contributed by atoms with Crippen LogP contribution in [0.5, 0.6) is 0 Å². The Morgan fingerprint density at radius 3 is 2.21 bits per heavy atom. The summed E-state index contributed by atoms with van der Waals surface area (Å²) >= 11 is 11.7. The van der Waals surface area contributed by atoms with Crippen LogP contribution in [0.25, 0.3) is 0 Å². The zero-order valence-corrected chi connectivity index (χ0v) is 14.5. The van der Waals surface area contributed by atoms with Crippen molar-refractivity contribution in [1.82, 2.24) is 0 Å². The number of anilines is 2. The first-order chi connectivity index (χ1) is 11.2. The van der Waals surface area contributed by atoms with Crippen molar-refractivity contribution in [2.45, 2.75) is 13.8 Å². The minimum absolute atomic E-state index is 0.0120. The van der Waals surface area contributed by atoms with Crippen molar-refractivity contribution in [1.29, 1.82) is 0 Å². The van der Waals surface area contributed by atoms with Gasteiger partial charge in [-0.1, -0.05) is 35.3 Å². The number of hydrogen-bond acceptors (Lipinski definition) is 2. The summed E-state index contributed by atoms with van der Waals surface area (Å²) in [5, 5.41) is 5.64. The highest BCUT2D eigenvalue weighted by molar-refractivity contribution is 6.42. The zero-order chi connectivity index (χ0) is 17.9. The van der Waals surface area contributed by atoms with Crippen LogP contribution in [0, 0.1) is 11.2 Å². The van der Waals surface area contributed by atoms with Crippen molar-refractivity contribution in [3.8, 4) is 0 Å². The molecule has 0 aromatic heterocycles. The predicted octanol–water partition coefficient (Wildman–Crippen LogP) is 4.74. The number of halogens is 3. The topological polar surface area (TPSA) is 58.2 Å². The lowest BCUT2D eigenvalue weighted by molar-refractivity contribution is -0.135. The summed E-state index contributed by atoms with van der Waals surface area (Å²) in [6.07, 6.45) is 0. The monoisotopic (exact) mass is 368 g/mol. The molecule has 0 heterocycles. The third-order valence-corrected chi connectivity index (χ3v) is 4.17. The van der Waals surface area contributed by atoms with Gasteiger partial charge in [0.25, 0.3) is 0 Å². The molecule has 0 bridgehead atoms. The predicted molar refractivity (Wildman–Crippen MR) is 93.9 cm³/mol. The summed E-state index contributed by atoms with van der Waals surface area (Å²) in [6.45, 7) is 2.88. The van der Waals surface area contributed by atoms with E-state index in [0.717, 1.165) is 0 Å². The molecular formula is C17H15Cl2FN2O2. The Labute approximate surface area is 149 Å². The van der Waals surface area contributed by atoms with Crippen LogP contribution < -0.4 is 10.6 Å². The van der Waals surface area contributed by atoms with Crippen LogP contribution in [0.4, 0.5) is 15.8 Å².